The van der Waals surface area contributed by atoms with Crippen LogP contribution in [0.4, 0.5) is 0 Å². The van der Waals surface area contributed by atoms with E-state index in [0.717, 1.165) is 25.7 Å². The van der Waals surface area contributed by atoms with Gasteiger partial charge in [-0.1, -0.05) is 48.2 Å². The van der Waals surface area contributed by atoms with Crippen molar-refractivity contribution in [2.45, 2.75) is 87.4 Å². The molecule has 0 aliphatic carbocycles. The number of carbonyl (C=O) groups is 3. The first-order valence-electron chi connectivity index (χ1n) is 12.1. The number of hydrogen-bond acceptors (Lipinski definition) is 5. The molecule has 33 heavy (non-hydrogen) atoms. The fourth-order valence-corrected chi connectivity index (χ4v) is 6.98. The zero-order valence-electron chi connectivity index (χ0n) is 19.6. The zero-order chi connectivity index (χ0) is 24.3. The van der Waals surface area contributed by atoms with E-state index in [4.69, 9.17) is 9.84 Å². The Kier molecular flexibility index (Phi) is 8.61. The largest absolute Gasteiger partial charge is 0.481 e. The number of likely N-dealkylation sites (tertiary alicyclic amines) is 1. The second kappa shape index (κ2) is 10.9. The number of aliphatic hydroxyl groups excluding tert-OH is 1. The lowest BCUT2D eigenvalue weighted by atomic mass is 9.70. The van der Waals surface area contributed by atoms with Crippen LogP contribution in [0.15, 0.2) is 12.7 Å². The monoisotopic (exact) mass is 528 g/mol. The number of fused-ring (bicyclic) bond motifs is 1. The molecule has 2 amide bonds. The Labute approximate surface area is 204 Å². The first kappa shape index (κ1) is 26.2. The van der Waals surface area contributed by atoms with Gasteiger partial charge >= 0.3 is 5.97 Å². The summed E-state index contributed by atoms with van der Waals surface area (Å²) < 4.78 is 6.32. The normalized spacial score (nSPS) is 33.3. The predicted molar refractivity (Wildman–Crippen MR) is 127 cm³/mol. The van der Waals surface area contributed by atoms with E-state index < -0.39 is 35.6 Å². The molecular formula is C24H37BrN2O6. The van der Waals surface area contributed by atoms with Crippen LogP contribution in [0, 0.1) is 11.8 Å². The lowest BCUT2D eigenvalue weighted by Gasteiger charge is -2.39. The van der Waals surface area contributed by atoms with Crippen LogP contribution in [0.1, 0.15) is 58.8 Å². The average molecular weight is 529 g/mol. The Morgan fingerprint density at radius 2 is 2.06 bits per heavy atom. The maximum absolute atomic E-state index is 14.1. The molecule has 7 atom stereocenters. The van der Waals surface area contributed by atoms with Crippen molar-refractivity contribution in [1.29, 1.82) is 0 Å². The number of carboxylic acid groups (broad SMARTS) is 1. The molecule has 0 aromatic heterocycles. The highest BCUT2D eigenvalue weighted by Gasteiger charge is 2.76. The maximum Gasteiger partial charge on any atom is 0.310 e. The molecule has 0 saturated carbocycles. The highest BCUT2D eigenvalue weighted by Crippen LogP contribution is 2.60. The number of carbonyl (C=O) groups excluding carboxylic acids is 2. The van der Waals surface area contributed by atoms with E-state index in [1.165, 1.54) is 0 Å². The molecule has 3 aliphatic heterocycles. The third kappa shape index (κ3) is 4.60. The number of halogens is 1. The quantitative estimate of drug-likeness (QED) is 0.216. The SMILES string of the molecule is C=CCN(C(=O)[C@H]1N(CCCCCCO)C(=O)[C@@H]2[C@@H](C(=O)O)[C@@H]3O[C@@]21CC3Br)C(C)CCC. The first-order valence-corrected chi connectivity index (χ1v) is 13.0. The molecule has 9 heteroatoms. The van der Waals surface area contributed by atoms with E-state index in [2.05, 4.69) is 29.4 Å². The number of carboxylic acids is 1. The van der Waals surface area contributed by atoms with Crippen LogP contribution in [0.2, 0.25) is 0 Å². The summed E-state index contributed by atoms with van der Waals surface area (Å²) in [4.78, 5) is 43.0. The van der Waals surface area contributed by atoms with E-state index >= 15 is 0 Å². The van der Waals surface area contributed by atoms with Gasteiger partial charge in [0.1, 0.15) is 11.6 Å². The molecule has 0 radical (unpaired) electrons. The van der Waals surface area contributed by atoms with Gasteiger partial charge in [0.25, 0.3) is 0 Å². The molecule has 2 unspecified atom stereocenters. The molecule has 0 aromatic carbocycles. The van der Waals surface area contributed by atoms with Gasteiger partial charge in [-0.3, -0.25) is 14.4 Å². The van der Waals surface area contributed by atoms with Crippen molar-refractivity contribution >= 4 is 33.7 Å². The Hall–Kier alpha value is -1.45. The third-order valence-electron chi connectivity index (χ3n) is 7.46. The molecule has 3 aliphatic rings. The van der Waals surface area contributed by atoms with Gasteiger partial charge in [0.05, 0.1) is 17.9 Å². The van der Waals surface area contributed by atoms with Crippen LogP contribution < -0.4 is 0 Å². The standard InChI is InChI=1S/C24H37BrN2O6/c1-4-10-15(3)26(11-5-2)22(30)20-24-14-16(25)19(33-24)17(23(31)32)18(24)21(29)27(20)12-8-6-7-9-13-28/h5,15-20,28H,2,4,6-14H2,1,3H3,(H,31,32)/t15?,16?,17-,18+,19-,20-,24+/m1/s1. The van der Waals surface area contributed by atoms with Crippen molar-refractivity contribution < 1.29 is 29.3 Å². The van der Waals surface area contributed by atoms with Gasteiger partial charge in [0, 0.05) is 30.6 Å². The summed E-state index contributed by atoms with van der Waals surface area (Å²) in [6, 6.07) is -0.882. The molecule has 3 fully saturated rings. The van der Waals surface area contributed by atoms with Gasteiger partial charge in [-0.15, -0.1) is 6.58 Å². The molecule has 0 aromatic rings. The van der Waals surface area contributed by atoms with Crippen molar-refractivity contribution in [2.75, 3.05) is 19.7 Å². The van der Waals surface area contributed by atoms with Gasteiger partial charge in [-0.2, -0.15) is 0 Å². The number of aliphatic carboxylic acids is 1. The van der Waals surface area contributed by atoms with Crippen LogP contribution in [-0.2, 0) is 19.1 Å². The fourth-order valence-electron chi connectivity index (χ4n) is 6.04. The van der Waals surface area contributed by atoms with Gasteiger partial charge < -0.3 is 24.7 Å². The molecule has 8 nitrogen and oxygen atoms in total. The van der Waals surface area contributed by atoms with Crippen molar-refractivity contribution in [3.8, 4) is 0 Å². The van der Waals surface area contributed by atoms with Crippen molar-refractivity contribution in [3.63, 3.8) is 0 Å². The summed E-state index contributed by atoms with van der Waals surface area (Å²) in [5, 5.41) is 19.0. The van der Waals surface area contributed by atoms with Crippen molar-refractivity contribution in [2.24, 2.45) is 11.8 Å². The summed E-state index contributed by atoms with van der Waals surface area (Å²) in [6.07, 6.45) is 6.26. The summed E-state index contributed by atoms with van der Waals surface area (Å²) in [6.45, 7) is 8.73. The van der Waals surface area contributed by atoms with Gasteiger partial charge in [-0.25, -0.2) is 0 Å². The molecule has 3 rings (SSSR count). The number of alkyl halides is 1. The third-order valence-corrected chi connectivity index (χ3v) is 8.31. The minimum absolute atomic E-state index is 0.0360. The molecule has 2 bridgehead atoms. The second-order valence-electron chi connectivity index (χ2n) is 9.59. The van der Waals surface area contributed by atoms with E-state index in [9.17, 15) is 19.5 Å². The van der Waals surface area contributed by atoms with E-state index in [1.54, 1.807) is 15.9 Å². The van der Waals surface area contributed by atoms with E-state index in [0.29, 0.717) is 32.4 Å². The summed E-state index contributed by atoms with van der Waals surface area (Å²) in [5.74, 6) is -3.35. The van der Waals surface area contributed by atoms with E-state index in [1.807, 2.05) is 6.92 Å². The fraction of sp³-hybridized carbons (Fsp3) is 0.792. The molecule has 3 saturated heterocycles. The topological polar surface area (TPSA) is 107 Å². The van der Waals surface area contributed by atoms with Crippen LogP contribution in [0.5, 0.6) is 0 Å². The maximum atomic E-state index is 14.1. The highest BCUT2D eigenvalue weighted by atomic mass is 79.9. The Balaban J connectivity index is 1.96. The van der Waals surface area contributed by atoms with E-state index in [-0.39, 0.29) is 29.3 Å². The number of ether oxygens (including phenoxy) is 1. The van der Waals surface area contributed by atoms with Gasteiger partial charge in [-0.05, 0) is 32.6 Å². The Morgan fingerprint density at radius 1 is 1.36 bits per heavy atom. The molecular weight excluding hydrogens is 492 g/mol. The number of unbranched alkanes of at least 4 members (excludes halogenated alkanes) is 3. The summed E-state index contributed by atoms with van der Waals surface area (Å²) in [5.41, 5.74) is -1.13. The Bertz CT molecular complexity index is 763. The summed E-state index contributed by atoms with van der Waals surface area (Å²) in [7, 11) is 0. The second-order valence-corrected chi connectivity index (χ2v) is 10.8. The number of amides is 2. The van der Waals surface area contributed by atoms with Crippen LogP contribution in [-0.4, -0.2) is 86.1 Å². The molecule has 1 spiro atoms. The summed E-state index contributed by atoms with van der Waals surface area (Å²) >= 11 is 3.57. The Morgan fingerprint density at radius 3 is 2.67 bits per heavy atom. The van der Waals surface area contributed by atoms with Crippen molar-refractivity contribution in [3.05, 3.63) is 12.7 Å². The minimum Gasteiger partial charge on any atom is -0.481 e. The zero-order valence-corrected chi connectivity index (χ0v) is 21.2. The number of nitrogens with zero attached hydrogens (tertiary/aromatic N) is 2. The first-order chi connectivity index (χ1) is 15.7. The van der Waals surface area contributed by atoms with Crippen molar-refractivity contribution in [1.82, 2.24) is 9.80 Å². The van der Waals surface area contributed by atoms with Crippen LogP contribution in [0.25, 0.3) is 0 Å². The lowest BCUT2D eigenvalue weighted by molar-refractivity contribution is -0.151. The lowest BCUT2D eigenvalue weighted by Crippen LogP contribution is -2.58. The number of hydrogen-bond donors (Lipinski definition) is 2. The minimum atomic E-state index is -1.13. The van der Waals surface area contributed by atoms with Crippen LogP contribution in [0.3, 0.4) is 0 Å². The highest BCUT2D eigenvalue weighted by molar-refractivity contribution is 9.09. The average Bonchev–Trinajstić information content (AvgIpc) is 3.35. The van der Waals surface area contributed by atoms with Crippen LogP contribution >= 0.6 is 15.9 Å². The molecule has 186 valence electrons. The molecule has 3 heterocycles. The van der Waals surface area contributed by atoms with Gasteiger partial charge in [0.2, 0.25) is 11.8 Å². The number of rotatable bonds is 13. The predicted octanol–water partition coefficient (Wildman–Crippen LogP) is 2.57. The number of aliphatic hydroxyl groups is 1. The smallest absolute Gasteiger partial charge is 0.310 e. The van der Waals surface area contributed by atoms with Gasteiger partial charge in [0.15, 0.2) is 0 Å². The molecule has 2 N–H and O–H groups in total.